The quantitative estimate of drug-likeness (QED) is 0.502. The number of methoxy groups -OCH3 is 1. The first-order valence-electron chi connectivity index (χ1n) is 9.78. The maximum Gasteiger partial charge on any atom is 0.361 e. The molecule has 2 aromatic heterocycles. The highest BCUT2D eigenvalue weighted by atomic mass is 35.5. The van der Waals surface area contributed by atoms with Gasteiger partial charge in [-0.2, -0.15) is 5.10 Å². The topological polar surface area (TPSA) is 123 Å². The summed E-state index contributed by atoms with van der Waals surface area (Å²) in [7, 11) is 3.29. The average molecular weight is 461 g/mol. The van der Waals surface area contributed by atoms with Crippen molar-refractivity contribution in [1.29, 1.82) is 0 Å². The molecule has 1 aliphatic heterocycles. The van der Waals surface area contributed by atoms with Crippen LogP contribution in [0.2, 0.25) is 5.15 Å². The number of carbonyl (C=O) groups excluding carboxylic acids is 1. The summed E-state index contributed by atoms with van der Waals surface area (Å²) in [5.74, 6) is 0.800. The maximum absolute atomic E-state index is 12.4. The SMILES string of the molecule is CCOC(=O)c1nnc(Cl)cc1Nc1cc(OC2COC2)cc(-c2ncn(C)n2)c1OC. The molecule has 12 heteroatoms. The van der Waals surface area contributed by atoms with Crippen molar-refractivity contribution in [1.82, 2.24) is 25.0 Å². The Bertz CT molecular complexity index is 1130. The highest BCUT2D eigenvalue weighted by molar-refractivity contribution is 6.29. The van der Waals surface area contributed by atoms with Gasteiger partial charge in [0.25, 0.3) is 0 Å². The standard InChI is InChI=1S/C20H21ClN6O5/c1-4-31-20(28)17-14(7-16(21)24-25-17)23-15-6-11(32-12-8-30-9-12)5-13(18(15)29-3)19-22-10-27(2)26-19/h5-7,10,12H,4,8-9H2,1-3H3,(H,23,24). The fraction of sp³-hybridized carbons (Fsp3) is 0.350. The number of hydrogen-bond acceptors (Lipinski definition) is 10. The fourth-order valence-electron chi connectivity index (χ4n) is 3.05. The molecule has 4 rings (SSSR count). The summed E-state index contributed by atoms with van der Waals surface area (Å²) in [4.78, 5) is 16.7. The van der Waals surface area contributed by atoms with E-state index in [-0.39, 0.29) is 23.6 Å². The summed E-state index contributed by atoms with van der Waals surface area (Å²) < 4.78 is 23.5. The third-order valence-electron chi connectivity index (χ3n) is 4.52. The van der Waals surface area contributed by atoms with Crippen LogP contribution in [0.15, 0.2) is 24.5 Å². The van der Waals surface area contributed by atoms with Crippen molar-refractivity contribution in [2.24, 2.45) is 7.05 Å². The Morgan fingerprint density at radius 2 is 2.09 bits per heavy atom. The van der Waals surface area contributed by atoms with Gasteiger partial charge >= 0.3 is 5.97 Å². The first-order valence-corrected chi connectivity index (χ1v) is 10.2. The van der Waals surface area contributed by atoms with E-state index in [1.165, 1.54) is 13.2 Å². The lowest BCUT2D eigenvalue weighted by Crippen LogP contribution is -2.38. The summed E-state index contributed by atoms with van der Waals surface area (Å²) in [5, 5.41) is 15.3. The van der Waals surface area contributed by atoms with Gasteiger partial charge in [-0.25, -0.2) is 9.78 Å². The first-order chi connectivity index (χ1) is 15.5. The maximum atomic E-state index is 12.4. The zero-order chi connectivity index (χ0) is 22.7. The van der Waals surface area contributed by atoms with E-state index < -0.39 is 5.97 Å². The molecule has 0 unspecified atom stereocenters. The Morgan fingerprint density at radius 1 is 1.28 bits per heavy atom. The van der Waals surface area contributed by atoms with Crippen LogP contribution in [0.25, 0.3) is 11.4 Å². The van der Waals surface area contributed by atoms with E-state index in [9.17, 15) is 4.79 Å². The van der Waals surface area contributed by atoms with Crippen molar-refractivity contribution in [3.8, 4) is 22.9 Å². The van der Waals surface area contributed by atoms with Crippen LogP contribution in [0.3, 0.4) is 0 Å². The Balaban J connectivity index is 1.80. The van der Waals surface area contributed by atoms with Gasteiger partial charge < -0.3 is 24.3 Å². The number of aryl methyl sites for hydroxylation is 1. The van der Waals surface area contributed by atoms with Crippen LogP contribution in [0, 0.1) is 0 Å². The Kier molecular flexibility index (Phi) is 6.37. The van der Waals surface area contributed by atoms with Crippen LogP contribution in [0.4, 0.5) is 11.4 Å². The van der Waals surface area contributed by atoms with E-state index in [0.29, 0.717) is 47.5 Å². The van der Waals surface area contributed by atoms with Gasteiger partial charge in [0.1, 0.15) is 18.2 Å². The number of hydrogen-bond donors (Lipinski definition) is 1. The molecule has 0 saturated carbocycles. The number of benzene rings is 1. The lowest BCUT2D eigenvalue weighted by Gasteiger charge is -2.27. The molecule has 1 aliphatic rings. The molecule has 168 valence electrons. The molecule has 1 aromatic carbocycles. The van der Waals surface area contributed by atoms with Gasteiger partial charge in [-0.3, -0.25) is 4.68 Å². The minimum Gasteiger partial charge on any atom is -0.494 e. The lowest BCUT2D eigenvalue weighted by molar-refractivity contribution is -0.0796. The van der Waals surface area contributed by atoms with Gasteiger partial charge in [-0.15, -0.1) is 10.2 Å². The van der Waals surface area contributed by atoms with Crippen LogP contribution in [-0.2, 0) is 16.5 Å². The third kappa shape index (κ3) is 4.58. The zero-order valence-corrected chi connectivity index (χ0v) is 18.4. The summed E-state index contributed by atoms with van der Waals surface area (Å²) in [5.41, 5.74) is 1.36. The number of halogens is 1. The molecule has 3 heterocycles. The first kappa shape index (κ1) is 21.8. The molecule has 0 spiro atoms. The largest absolute Gasteiger partial charge is 0.494 e. The number of nitrogens with zero attached hydrogens (tertiary/aromatic N) is 5. The monoisotopic (exact) mass is 460 g/mol. The predicted molar refractivity (Wildman–Crippen MR) is 115 cm³/mol. The normalized spacial score (nSPS) is 13.4. The molecule has 1 saturated heterocycles. The number of rotatable bonds is 8. The van der Waals surface area contributed by atoms with Crippen molar-refractivity contribution in [2.75, 3.05) is 32.2 Å². The average Bonchev–Trinajstić information content (AvgIpc) is 3.17. The molecule has 0 radical (unpaired) electrons. The molecule has 0 bridgehead atoms. The Hall–Kier alpha value is -3.44. The van der Waals surface area contributed by atoms with Crippen molar-refractivity contribution >= 4 is 28.9 Å². The van der Waals surface area contributed by atoms with E-state index in [1.54, 1.807) is 37.1 Å². The molecule has 32 heavy (non-hydrogen) atoms. The van der Waals surface area contributed by atoms with E-state index in [0.717, 1.165) is 0 Å². The van der Waals surface area contributed by atoms with Crippen LogP contribution in [-0.4, -0.2) is 64.0 Å². The van der Waals surface area contributed by atoms with E-state index in [1.807, 2.05) is 0 Å². The van der Waals surface area contributed by atoms with Gasteiger partial charge in [-0.05, 0) is 13.0 Å². The van der Waals surface area contributed by atoms with E-state index in [4.69, 9.17) is 30.5 Å². The summed E-state index contributed by atoms with van der Waals surface area (Å²) in [6.45, 7) is 2.90. The zero-order valence-electron chi connectivity index (χ0n) is 17.7. The van der Waals surface area contributed by atoms with Crippen LogP contribution >= 0.6 is 11.6 Å². The minimum atomic E-state index is -0.635. The van der Waals surface area contributed by atoms with Gasteiger partial charge in [-0.1, -0.05) is 11.6 Å². The number of carbonyl (C=O) groups is 1. The number of esters is 1. The Labute approximate surface area is 188 Å². The highest BCUT2D eigenvalue weighted by Crippen LogP contribution is 2.41. The highest BCUT2D eigenvalue weighted by Gasteiger charge is 2.24. The number of aromatic nitrogens is 5. The molecule has 1 N–H and O–H groups in total. The van der Waals surface area contributed by atoms with Gasteiger partial charge in [0.05, 0.1) is 43.9 Å². The summed E-state index contributed by atoms with van der Waals surface area (Å²) in [6, 6.07) is 5.01. The molecule has 0 atom stereocenters. The van der Waals surface area contributed by atoms with Crippen molar-refractivity contribution in [3.05, 3.63) is 35.4 Å². The van der Waals surface area contributed by atoms with Gasteiger partial charge in [0.15, 0.2) is 22.4 Å². The molecule has 1 fully saturated rings. The van der Waals surface area contributed by atoms with E-state index >= 15 is 0 Å². The third-order valence-corrected chi connectivity index (χ3v) is 4.70. The number of ether oxygens (including phenoxy) is 4. The second kappa shape index (κ2) is 9.37. The second-order valence-corrected chi connectivity index (χ2v) is 7.23. The number of nitrogens with one attached hydrogen (secondary N) is 1. The Morgan fingerprint density at radius 3 is 2.72 bits per heavy atom. The number of anilines is 2. The molecular weight excluding hydrogens is 440 g/mol. The van der Waals surface area contributed by atoms with Crippen LogP contribution in [0.5, 0.6) is 11.5 Å². The van der Waals surface area contributed by atoms with Crippen molar-refractivity contribution in [3.63, 3.8) is 0 Å². The molecule has 3 aromatic rings. The van der Waals surface area contributed by atoms with Gasteiger partial charge in [0, 0.05) is 19.2 Å². The van der Waals surface area contributed by atoms with Gasteiger partial charge in [0.2, 0.25) is 0 Å². The van der Waals surface area contributed by atoms with Crippen LogP contribution < -0.4 is 14.8 Å². The molecular formula is C20H21ClN6O5. The molecule has 0 amide bonds. The van der Waals surface area contributed by atoms with E-state index in [2.05, 4.69) is 25.6 Å². The summed E-state index contributed by atoms with van der Waals surface area (Å²) in [6.07, 6.45) is 1.52. The summed E-state index contributed by atoms with van der Waals surface area (Å²) >= 11 is 6.04. The van der Waals surface area contributed by atoms with Crippen molar-refractivity contribution in [2.45, 2.75) is 13.0 Å². The van der Waals surface area contributed by atoms with Crippen molar-refractivity contribution < 1.29 is 23.7 Å². The molecule has 11 nitrogen and oxygen atoms in total. The smallest absolute Gasteiger partial charge is 0.361 e. The minimum absolute atomic E-state index is 0.0190. The molecule has 0 aliphatic carbocycles. The predicted octanol–water partition coefficient (Wildman–Crippen LogP) is 2.63. The fourth-order valence-corrected chi connectivity index (χ4v) is 3.19. The lowest BCUT2D eigenvalue weighted by atomic mass is 10.1. The van der Waals surface area contributed by atoms with Crippen LogP contribution in [0.1, 0.15) is 17.4 Å². The second-order valence-electron chi connectivity index (χ2n) is 6.85.